The van der Waals surface area contributed by atoms with Crippen LogP contribution < -0.4 is 0 Å². The van der Waals surface area contributed by atoms with Crippen molar-refractivity contribution in [2.45, 2.75) is 46.5 Å². The Labute approximate surface area is 152 Å². The third kappa shape index (κ3) is 2.95. The molecule has 1 aromatic rings. The zero-order chi connectivity index (χ0) is 19.0. The number of hydrogen-bond donors (Lipinski definition) is 1. The molecule has 7 nitrogen and oxygen atoms in total. The highest BCUT2D eigenvalue weighted by molar-refractivity contribution is 6.10. The maximum absolute atomic E-state index is 12.7. The number of ether oxygens (including phenoxy) is 1. The molecule has 2 atom stereocenters. The van der Waals surface area contributed by atoms with E-state index in [1.54, 1.807) is 20.8 Å². The number of imide groups is 1. The van der Waals surface area contributed by atoms with Gasteiger partial charge in [0.05, 0.1) is 36.2 Å². The molecule has 0 aromatic carbocycles. The van der Waals surface area contributed by atoms with Crippen LogP contribution in [0, 0.1) is 25.7 Å². The summed E-state index contributed by atoms with van der Waals surface area (Å²) in [6.07, 6.45) is 3.32. The summed E-state index contributed by atoms with van der Waals surface area (Å²) in [7, 11) is 0. The van der Waals surface area contributed by atoms with Crippen molar-refractivity contribution in [3.8, 4) is 0 Å². The number of nitrogens with one attached hydrogen (secondary N) is 1. The predicted molar refractivity (Wildman–Crippen MR) is 92.7 cm³/mol. The average molecular weight is 360 g/mol. The van der Waals surface area contributed by atoms with Gasteiger partial charge in [-0.2, -0.15) is 0 Å². The van der Waals surface area contributed by atoms with Crippen LogP contribution in [-0.2, 0) is 14.3 Å². The van der Waals surface area contributed by atoms with Gasteiger partial charge in [0.1, 0.15) is 0 Å². The van der Waals surface area contributed by atoms with Crippen molar-refractivity contribution in [1.29, 1.82) is 0 Å². The van der Waals surface area contributed by atoms with Crippen molar-refractivity contribution in [3.63, 3.8) is 0 Å². The Balaban J connectivity index is 1.80. The zero-order valence-electron chi connectivity index (χ0n) is 15.4. The van der Waals surface area contributed by atoms with Crippen molar-refractivity contribution in [1.82, 2.24) is 9.88 Å². The minimum atomic E-state index is -0.489. The number of carbonyl (C=O) groups is 4. The van der Waals surface area contributed by atoms with E-state index in [2.05, 4.69) is 4.98 Å². The van der Waals surface area contributed by atoms with Gasteiger partial charge in [-0.25, -0.2) is 4.79 Å². The molecule has 26 heavy (non-hydrogen) atoms. The monoisotopic (exact) mass is 360 g/mol. The maximum Gasteiger partial charge on any atom is 0.340 e. The van der Waals surface area contributed by atoms with Gasteiger partial charge in [0.25, 0.3) is 0 Å². The molecule has 140 valence electrons. The van der Waals surface area contributed by atoms with Crippen LogP contribution in [0.3, 0.4) is 0 Å². The molecule has 0 bridgehead atoms. The lowest BCUT2D eigenvalue weighted by molar-refractivity contribution is -0.139. The topological polar surface area (TPSA) is 96.5 Å². The first-order valence-corrected chi connectivity index (χ1v) is 9.11. The molecule has 2 aliphatic rings. The number of amides is 2. The summed E-state index contributed by atoms with van der Waals surface area (Å²) in [5.74, 6) is -1.88. The molecule has 2 amide bonds. The Morgan fingerprint density at radius 2 is 1.69 bits per heavy atom. The number of hydrogen-bond acceptors (Lipinski definition) is 5. The Morgan fingerprint density at radius 3 is 2.23 bits per heavy atom. The molecule has 1 saturated carbocycles. The number of carbonyl (C=O) groups excluding carboxylic acids is 4. The highest BCUT2D eigenvalue weighted by Crippen LogP contribution is 2.38. The van der Waals surface area contributed by atoms with E-state index in [1.807, 2.05) is 0 Å². The van der Waals surface area contributed by atoms with Crippen molar-refractivity contribution < 1.29 is 23.9 Å². The predicted octanol–water partition coefficient (Wildman–Crippen LogP) is 2.17. The van der Waals surface area contributed by atoms with Gasteiger partial charge in [-0.3, -0.25) is 19.3 Å². The molecular formula is C19H24N2O5. The maximum atomic E-state index is 12.7. The van der Waals surface area contributed by atoms with Crippen molar-refractivity contribution >= 4 is 23.6 Å². The summed E-state index contributed by atoms with van der Waals surface area (Å²) in [6, 6.07) is 0. The third-order valence-electron chi connectivity index (χ3n) is 5.43. The summed E-state index contributed by atoms with van der Waals surface area (Å²) in [5, 5.41) is 0. The molecule has 3 rings (SSSR count). The Bertz CT molecular complexity index is 755. The van der Waals surface area contributed by atoms with E-state index < -0.39 is 5.97 Å². The van der Waals surface area contributed by atoms with Crippen LogP contribution in [-0.4, -0.2) is 46.6 Å². The fourth-order valence-corrected chi connectivity index (χ4v) is 4.15. The summed E-state index contributed by atoms with van der Waals surface area (Å²) in [5.41, 5.74) is 1.61. The standard InChI is InChI=1S/C19H24N2O5/c1-4-26-19(25)15-10(2)16(20-11(15)3)14(22)9-21-17(23)12-7-5-6-8-13(12)18(21)24/h12-13,20H,4-9H2,1-3H3. The van der Waals surface area contributed by atoms with E-state index in [9.17, 15) is 19.2 Å². The summed E-state index contributed by atoms with van der Waals surface area (Å²) >= 11 is 0. The lowest BCUT2D eigenvalue weighted by atomic mass is 9.81. The lowest BCUT2D eigenvalue weighted by Gasteiger charge is -2.19. The number of likely N-dealkylation sites (tertiary alicyclic amines) is 1. The van der Waals surface area contributed by atoms with Crippen LogP contribution >= 0.6 is 0 Å². The minimum absolute atomic E-state index is 0.236. The molecule has 1 saturated heterocycles. The Hall–Kier alpha value is -2.44. The number of aryl methyl sites for hydroxylation is 1. The van der Waals surface area contributed by atoms with Crippen molar-refractivity contribution in [2.24, 2.45) is 11.8 Å². The summed E-state index contributed by atoms with van der Waals surface area (Å²) in [4.78, 5) is 53.9. The Morgan fingerprint density at radius 1 is 1.12 bits per heavy atom. The third-order valence-corrected chi connectivity index (χ3v) is 5.43. The first-order valence-electron chi connectivity index (χ1n) is 9.11. The number of esters is 1. The quantitative estimate of drug-likeness (QED) is 0.493. The van der Waals surface area contributed by atoms with E-state index in [4.69, 9.17) is 4.74 Å². The smallest absolute Gasteiger partial charge is 0.340 e. The second-order valence-electron chi connectivity index (χ2n) is 7.03. The second kappa shape index (κ2) is 7.05. The normalized spacial score (nSPS) is 22.5. The van der Waals surface area contributed by atoms with E-state index in [0.29, 0.717) is 29.7 Å². The number of aromatic amines is 1. The van der Waals surface area contributed by atoms with Gasteiger partial charge >= 0.3 is 5.97 Å². The van der Waals surface area contributed by atoms with E-state index in [-0.39, 0.29) is 48.3 Å². The number of Topliss-reactive ketones (excluding diaryl/α,β-unsaturated/α-hetero) is 1. The fraction of sp³-hybridized carbons (Fsp3) is 0.579. The molecule has 2 unspecified atom stereocenters. The number of aromatic nitrogens is 1. The minimum Gasteiger partial charge on any atom is -0.462 e. The Kier molecular flexibility index (Phi) is 4.98. The van der Waals surface area contributed by atoms with Gasteiger partial charge < -0.3 is 9.72 Å². The van der Waals surface area contributed by atoms with Crippen molar-refractivity contribution in [3.05, 3.63) is 22.5 Å². The first kappa shape index (κ1) is 18.4. The summed E-state index contributed by atoms with van der Waals surface area (Å²) in [6.45, 7) is 5.03. The lowest BCUT2D eigenvalue weighted by Crippen LogP contribution is -2.36. The van der Waals surface area contributed by atoms with Gasteiger partial charge in [0, 0.05) is 5.69 Å². The number of H-pyrrole nitrogens is 1. The molecule has 7 heteroatoms. The van der Waals surface area contributed by atoms with Gasteiger partial charge in [-0.05, 0) is 39.2 Å². The molecule has 1 N–H and O–H groups in total. The number of fused-ring (bicyclic) bond motifs is 1. The molecule has 2 heterocycles. The van der Waals surface area contributed by atoms with Crippen LogP contribution in [0.15, 0.2) is 0 Å². The fourth-order valence-electron chi connectivity index (χ4n) is 4.15. The molecule has 1 aliphatic carbocycles. The van der Waals surface area contributed by atoms with Crippen molar-refractivity contribution in [2.75, 3.05) is 13.2 Å². The van der Waals surface area contributed by atoms with Gasteiger partial charge in [-0.15, -0.1) is 0 Å². The van der Waals surface area contributed by atoms with Crippen LogP contribution in [0.4, 0.5) is 0 Å². The SMILES string of the molecule is CCOC(=O)c1c(C)[nH]c(C(=O)CN2C(=O)C3CCCCC3C2=O)c1C. The second-order valence-corrected chi connectivity index (χ2v) is 7.03. The largest absolute Gasteiger partial charge is 0.462 e. The van der Waals surface area contributed by atoms with Gasteiger partial charge in [0.15, 0.2) is 5.78 Å². The zero-order valence-corrected chi connectivity index (χ0v) is 15.4. The van der Waals surface area contributed by atoms with Crippen LogP contribution in [0.5, 0.6) is 0 Å². The summed E-state index contributed by atoms with van der Waals surface area (Å²) < 4.78 is 5.03. The van der Waals surface area contributed by atoms with E-state index in [1.165, 1.54) is 0 Å². The highest BCUT2D eigenvalue weighted by Gasteiger charge is 2.48. The van der Waals surface area contributed by atoms with Crippen LogP contribution in [0.25, 0.3) is 0 Å². The molecular weight excluding hydrogens is 336 g/mol. The van der Waals surface area contributed by atoms with Crippen LogP contribution in [0.1, 0.15) is 64.7 Å². The highest BCUT2D eigenvalue weighted by atomic mass is 16.5. The molecule has 0 radical (unpaired) electrons. The number of nitrogens with zero attached hydrogens (tertiary/aromatic N) is 1. The molecule has 1 aromatic heterocycles. The molecule has 0 spiro atoms. The average Bonchev–Trinajstić information content (AvgIpc) is 3.04. The number of rotatable bonds is 5. The van der Waals surface area contributed by atoms with Crippen LogP contribution in [0.2, 0.25) is 0 Å². The first-order chi connectivity index (χ1) is 12.4. The van der Waals surface area contributed by atoms with E-state index >= 15 is 0 Å². The number of ketones is 1. The molecule has 2 fully saturated rings. The van der Waals surface area contributed by atoms with E-state index in [0.717, 1.165) is 17.7 Å². The molecule has 1 aliphatic heterocycles. The van der Waals surface area contributed by atoms with Gasteiger partial charge in [-0.1, -0.05) is 12.8 Å². The van der Waals surface area contributed by atoms with Gasteiger partial charge in [0.2, 0.25) is 11.8 Å².